The van der Waals surface area contributed by atoms with Gasteiger partial charge in [0.25, 0.3) is 0 Å². The molecule has 0 aromatic carbocycles. The zero-order valence-electron chi connectivity index (χ0n) is 12.3. The van der Waals surface area contributed by atoms with E-state index in [9.17, 15) is 0 Å². The van der Waals surface area contributed by atoms with Crippen molar-refractivity contribution in [3.8, 4) is 0 Å². The molecule has 2 aliphatic heterocycles. The van der Waals surface area contributed by atoms with Gasteiger partial charge in [0.1, 0.15) is 0 Å². The predicted octanol–water partition coefficient (Wildman–Crippen LogP) is 1.93. The Kier molecular flexibility index (Phi) is 5.93. The van der Waals surface area contributed by atoms with Gasteiger partial charge in [0.15, 0.2) is 0 Å². The van der Waals surface area contributed by atoms with Crippen LogP contribution >= 0.6 is 0 Å². The molecule has 2 aliphatic rings. The maximum absolute atomic E-state index is 3.25. The van der Waals surface area contributed by atoms with Gasteiger partial charge in [-0.05, 0) is 65.7 Å². The molecule has 2 saturated heterocycles. The Labute approximate surface area is 113 Å². The van der Waals surface area contributed by atoms with Gasteiger partial charge < -0.3 is 5.32 Å². The van der Waals surface area contributed by atoms with Crippen LogP contribution in [0.15, 0.2) is 0 Å². The first-order valence-electron chi connectivity index (χ1n) is 7.94. The third kappa shape index (κ3) is 3.94. The van der Waals surface area contributed by atoms with E-state index in [2.05, 4.69) is 22.0 Å². The lowest BCUT2D eigenvalue weighted by Gasteiger charge is -2.33. The lowest BCUT2D eigenvalue weighted by atomic mass is 10.1. The van der Waals surface area contributed by atoms with Gasteiger partial charge in [-0.3, -0.25) is 9.80 Å². The van der Waals surface area contributed by atoms with Crippen molar-refractivity contribution in [1.82, 2.24) is 15.1 Å². The van der Waals surface area contributed by atoms with Crippen LogP contribution in [-0.2, 0) is 0 Å². The highest BCUT2D eigenvalue weighted by molar-refractivity contribution is 4.86. The Balaban J connectivity index is 1.69. The summed E-state index contributed by atoms with van der Waals surface area (Å²) in [6.07, 6.45) is 8.35. The number of rotatable bonds is 6. The van der Waals surface area contributed by atoms with E-state index < -0.39 is 0 Å². The molecule has 0 aromatic heterocycles. The first-order chi connectivity index (χ1) is 8.81. The first kappa shape index (κ1) is 14.3. The molecular formula is C15H31N3. The van der Waals surface area contributed by atoms with Crippen molar-refractivity contribution < 1.29 is 0 Å². The molecule has 0 radical (unpaired) electrons. The van der Waals surface area contributed by atoms with E-state index in [4.69, 9.17) is 0 Å². The van der Waals surface area contributed by atoms with Crippen molar-refractivity contribution >= 4 is 0 Å². The van der Waals surface area contributed by atoms with Crippen LogP contribution in [0.25, 0.3) is 0 Å². The standard InChI is InChI=1S/C15H31N3/c1-14(7-6-9-16-2)18-12-8-15(13-18)17-10-4-3-5-11-17/h14-16H,3-13H2,1-2H3. The Hall–Kier alpha value is -0.120. The zero-order chi connectivity index (χ0) is 12.8. The topological polar surface area (TPSA) is 18.5 Å². The number of nitrogens with one attached hydrogen (secondary N) is 1. The molecular weight excluding hydrogens is 222 g/mol. The molecule has 2 rings (SSSR count). The van der Waals surface area contributed by atoms with Crippen LogP contribution in [-0.4, -0.2) is 61.7 Å². The van der Waals surface area contributed by atoms with Crippen molar-refractivity contribution in [1.29, 1.82) is 0 Å². The van der Waals surface area contributed by atoms with Gasteiger partial charge in [-0.2, -0.15) is 0 Å². The summed E-state index contributed by atoms with van der Waals surface area (Å²) in [7, 11) is 2.05. The highest BCUT2D eigenvalue weighted by Crippen LogP contribution is 2.22. The highest BCUT2D eigenvalue weighted by Gasteiger charge is 2.30. The minimum atomic E-state index is 0.771. The second-order valence-electron chi connectivity index (χ2n) is 6.13. The largest absolute Gasteiger partial charge is 0.320 e. The van der Waals surface area contributed by atoms with Crippen LogP contribution < -0.4 is 5.32 Å². The second kappa shape index (κ2) is 7.46. The van der Waals surface area contributed by atoms with Gasteiger partial charge in [-0.1, -0.05) is 6.42 Å². The van der Waals surface area contributed by atoms with Crippen LogP contribution in [0.2, 0.25) is 0 Å². The average molecular weight is 253 g/mol. The molecule has 2 heterocycles. The molecule has 18 heavy (non-hydrogen) atoms. The van der Waals surface area contributed by atoms with Gasteiger partial charge in [-0.15, -0.1) is 0 Å². The molecule has 2 fully saturated rings. The summed E-state index contributed by atoms with van der Waals surface area (Å²) in [6.45, 7) is 8.92. The van der Waals surface area contributed by atoms with E-state index in [1.165, 1.54) is 64.7 Å². The quantitative estimate of drug-likeness (QED) is 0.730. The SMILES string of the molecule is CNCCCC(C)N1CCC(N2CCCCC2)C1. The maximum atomic E-state index is 3.25. The molecule has 0 aromatic rings. The lowest BCUT2D eigenvalue weighted by Crippen LogP contribution is -2.42. The number of hydrogen-bond acceptors (Lipinski definition) is 3. The molecule has 0 bridgehead atoms. The van der Waals surface area contributed by atoms with Gasteiger partial charge in [0, 0.05) is 25.2 Å². The van der Waals surface area contributed by atoms with Crippen LogP contribution in [0.1, 0.15) is 45.4 Å². The van der Waals surface area contributed by atoms with Crippen LogP contribution in [0, 0.1) is 0 Å². The summed E-state index contributed by atoms with van der Waals surface area (Å²) in [4.78, 5) is 5.47. The van der Waals surface area contributed by atoms with Crippen molar-refractivity contribution in [2.24, 2.45) is 0 Å². The molecule has 2 atom stereocenters. The second-order valence-corrected chi connectivity index (χ2v) is 6.13. The van der Waals surface area contributed by atoms with Gasteiger partial charge in [0.05, 0.1) is 0 Å². The molecule has 3 nitrogen and oxygen atoms in total. The van der Waals surface area contributed by atoms with Gasteiger partial charge >= 0.3 is 0 Å². The first-order valence-corrected chi connectivity index (χ1v) is 7.94. The number of likely N-dealkylation sites (tertiary alicyclic amines) is 2. The Morgan fingerprint density at radius 2 is 1.94 bits per heavy atom. The van der Waals surface area contributed by atoms with Gasteiger partial charge in [0.2, 0.25) is 0 Å². The van der Waals surface area contributed by atoms with Crippen molar-refractivity contribution in [2.75, 3.05) is 39.8 Å². The summed E-state index contributed by atoms with van der Waals surface area (Å²) in [5, 5.41) is 3.25. The van der Waals surface area contributed by atoms with Crippen LogP contribution in [0.3, 0.4) is 0 Å². The predicted molar refractivity (Wildman–Crippen MR) is 78.0 cm³/mol. The Bertz CT molecular complexity index is 226. The fraction of sp³-hybridized carbons (Fsp3) is 1.00. The molecule has 106 valence electrons. The molecule has 2 unspecified atom stereocenters. The monoisotopic (exact) mass is 253 g/mol. The lowest BCUT2D eigenvalue weighted by molar-refractivity contribution is 0.152. The summed E-state index contributed by atoms with van der Waals surface area (Å²) >= 11 is 0. The normalized spacial score (nSPS) is 28.7. The van der Waals surface area contributed by atoms with Crippen molar-refractivity contribution in [2.45, 2.75) is 57.5 Å². The third-order valence-corrected chi connectivity index (χ3v) is 4.77. The zero-order valence-corrected chi connectivity index (χ0v) is 12.3. The summed E-state index contributed by atoms with van der Waals surface area (Å²) in [5.74, 6) is 0. The molecule has 3 heteroatoms. The molecule has 0 aliphatic carbocycles. The number of hydrogen-bond donors (Lipinski definition) is 1. The minimum absolute atomic E-state index is 0.771. The average Bonchev–Trinajstić information content (AvgIpc) is 2.89. The fourth-order valence-electron chi connectivity index (χ4n) is 3.51. The smallest absolute Gasteiger partial charge is 0.0235 e. The van der Waals surface area contributed by atoms with E-state index in [1.807, 2.05) is 7.05 Å². The summed E-state index contributed by atoms with van der Waals surface area (Å²) in [5.41, 5.74) is 0. The van der Waals surface area contributed by atoms with Crippen molar-refractivity contribution in [3.63, 3.8) is 0 Å². The van der Waals surface area contributed by atoms with Gasteiger partial charge in [-0.25, -0.2) is 0 Å². The molecule has 0 saturated carbocycles. The Morgan fingerprint density at radius 1 is 1.17 bits per heavy atom. The molecule has 0 spiro atoms. The van der Waals surface area contributed by atoms with Crippen molar-refractivity contribution in [3.05, 3.63) is 0 Å². The van der Waals surface area contributed by atoms with Crippen LogP contribution in [0.4, 0.5) is 0 Å². The molecule has 1 N–H and O–H groups in total. The van der Waals surface area contributed by atoms with Crippen LogP contribution in [0.5, 0.6) is 0 Å². The van der Waals surface area contributed by atoms with E-state index in [1.54, 1.807) is 0 Å². The minimum Gasteiger partial charge on any atom is -0.320 e. The highest BCUT2D eigenvalue weighted by atomic mass is 15.3. The van der Waals surface area contributed by atoms with E-state index in [-0.39, 0.29) is 0 Å². The summed E-state index contributed by atoms with van der Waals surface area (Å²) in [6, 6.07) is 1.63. The maximum Gasteiger partial charge on any atom is 0.0235 e. The number of piperidine rings is 1. The van der Waals surface area contributed by atoms with E-state index >= 15 is 0 Å². The Morgan fingerprint density at radius 3 is 2.67 bits per heavy atom. The summed E-state index contributed by atoms with van der Waals surface area (Å²) < 4.78 is 0. The fourth-order valence-corrected chi connectivity index (χ4v) is 3.51. The molecule has 0 amide bonds. The van der Waals surface area contributed by atoms with E-state index in [0.29, 0.717) is 0 Å². The third-order valence-electron chi connectivity index (χ3n) is 4.77. The van der Waals surface area contributed by atoms with E-state index in [0.717, 1.165) is 18.6 Å². The number of nitrogens with zero attached hydrogens (tertiary/aromatic N) is 2.